The molecule has 0 spiro atoms. The Hall–Kier alpha value is -3.86. The fourth-order valence-corrected chi connectivity index (χ4v) is 3.71. The van der Waals surface area contributed by atoms with Gasteiger partial charge in [-0.3, -0.25) is 9.52 Å². The lowest BCUT2D eigenvalue weighted by Gasteiger charge is -2.11. The molecule has 10 nitrogen and oxygen atoms in total. The molecule has 174 valence electrons. The third kappa shape index (κ3) is 6.32. The maximum atomic E-state index is 12.7. The summed E-state index contributed by atoms with van der Waals surface area (Å²) in [6.45, 7) is 2.56. The Morgan fingerprint density at radius 2 is 1.76 bits per heavy atom. The number of ether oxygens (including phenoxy) is 3. The van der Waals surface area contributed by atoms with Crippen LogP contribution in [0.1, 0.15) is 23.7 Å². The van der Waals surface area contributed by atoms with Crippen molar-refractivity contribution >= 4 is 27.4 Å². The second kappa shape index (κ2) is 10.6. The molecule has 0 aliphatic rings. The van der Waals surface area contributed by atoms with Crippen LogP contribution >= 0.6 is 0 Å². The van der Waals surface area contributed by atoms with Crippen molar-refractivity contribution in [1.82, 2.24) is 9.97 Å². The van der Waals surface area contributed by atoms with Crippen LogP contribution in [0.4, 0.5) is 11.5 Å². The number of amides is 1. The number of benzene rings is 2. The fourth-order valence-electron chi connectivity index (χ4n) is 2.72. The molecule has 0 saturated heterocycles. The Kier molecular flexibility index (Phi) is 7.67. The van der Waals surface area contributed by atoms with Crippen LogP contribution in [0.3, 0.4) is 0 Å². The minimum Gasteiger partial charge on any atom is -0.494 e. The van der Waals surface area contributed by atoms with Gasteiger partial charge < -0.3 is 19.5 Å². The van der Waals surface area contributed by atoms with Gasteiger partial charge in [0.1, 0.15) is 5.75 Å². The Morgan fingerprint density at radius 1 is 1.00 bits per heavy atom. The van der Waals surface area contributed by atoms with E-state index in [2.05, 4.69) is 20.0 Å². The number of carbonyl (C=O) groups is 1. The first-order valence-corrected chi connectivity index (χ1v) is 11.5. The maximum absolute atomic E-state index is 12.7. The van der Waals surface area contributed by atoms with Crippen molar-refractivity contribution in [2.24, 2.45) is 0 Å². The molecule has 0 aliphatic carbocycles. The number of nitrogens with zero attached hydrogens (tertiary/aromatic N) is 2. The number of carbonyl (C=O) groups excluding carboxylic acids is 1. The van der Waals surface area contributed by atoms with Crippen LogP contribution in [-0.4, -0.2) is 45.1 Å². The van der Waals surface area contributed by atoms with E-state index in [-0.39, 0.29) is 28.5 Å². The molecule has 0 fully saturated rings. The van der Waals surface area contributed by atoms with Crippen molar-refractivity contribution in [3.05, 3.63) is 60.2 Å². The average Bonchev–Trinajstić information content (AvgIpc) is 2.82. The zero-order valence-corrected chi connectivity index (χ0v) is 19.2. The van der Waals surface area contributed by atoms with Crippen molar-refractivity contribution in [2.45, 2.75) is 18.2 Å². The number of aromatic nitrogens is 2. The van der Waals surface area contributed by atoms with E-state index in [1.54, 1.807) is 24.3 Å². The van der Waals surface area contributed by atoms with Crippen LogP contribution in [0, 0.1) is 0 Å². The van der Waals surface area contributed by atoms with Crippen molar-refractivity contribution in [3.8, 4) is 17.6 Å². The quantitative estimate of drug-likeness (QED) is 0.460. The largest absolute Gasteiger partial charge is 0.494 e. The standard InChI is InChI=1S/C22H24N4O6S/c1-4-12-32-17-7-5-6-15(13-17)21(27)23-16-8-10-18(11-9-16)33(28,29)26-19-14-20(30-2)25-22(24-19)31-3/h5-11,13-14H,4,12H2,1-3H3,(H,23,27)(H,24,25,26). The van der Waals surface area contributed by atoms with Crippen LogP contribution in [0.25, 0.3) is 0 Å². The number of methoxy groups -OCH3 is 2. The monoisotopic (exact) mass is 472 g/mol. The highest BCUT2D eigenvalue weighted by molar-refractivity contribution is 7.92. The molecule has 0 aliphatic heterocycles. The molecule has 33 heavy (non-hydrogen) atoms. The van der Waals surface area contributed by atoms with Crippen molar-refractivity contribution in [1.29, 1.82) is 0 Å². The van der Waals surface area contributed by atoms with E-state index in [0.29, 0.717) is 23.6 Å². The van der Waals surface area contributed by atoms with Gasteiger partial charge in [0.05, 0.1) is 25.7 Å². The summed E-state index contributed by atoms with van der Waals surface area (Å²) in [4.78, 5) is 20.4. The predicted molar refractivity (Wildman–Crippen MR) is 123 cm³/mol. The molecule has 0 atom stereocenters. The molecule has 1 amide bonds. The highest BCUT2D eigenvalue weighted by Crippen LogP contribution is 2.22. The molecule has 1 aromatic heterocycles. The topological polar surface area (TPSA) is 129 Å². The normalized spacial score (nSPS) is 10.9. The summed E-state index contributed by atoms with van der Waals surface area (Å²) < 4.78 is 43.3. The van der Waals surface area contributed by atoms with Gasteiger partial charge in [0.15, 0.2) is 5.82 Å². The van der Waals surface area contributed by atoms with Crippen LogP contribution in [-0.2, 0) is 10.0 Å². The average molecular weight is 473 g/mol. The van der Waals surface area contributed by atoms with E-state index in [0.717, 1.165) is 6.42 Å². The van der Waals surface area contributed by atoms with Crippen molar-refractivity contribution in [2.75, 3.05) is 30.9 Å². The third-order valence-corrected chi connectivity index (χ3v) is 5.67. The lowest BCUT2D eigenvalue weighted by molar-refractivity contribution is 0.102. The molecule has 11 heteroatoms. The summed E-state index contributed by atoms with van der Waals surface area (Å²) in [6, 6.07) is 13.8. The third-order valence-electron chi connectivity index (χ3n) is 4.30. The number of anilines is 2. The van der Waals surface area contributed by atoms with Gasteiger partial charge in [0.2, 0.25) is 5.88 Å². The van der Waals surface area contributed by atoms with Gasteiger partial charge in [-0.2, -0.15) is 9.97 Å². The van der Waals surface area contributed by atoms with Crippen molar-refractivity contribution < 1.29 is 27.4 Å². The molecule has 0 bridgehead atoms. The second-order valence-electron chi connectivity index (χ2n) is 6.74. The van der Waals surface area contributed by atoms with E-state index in [4.69, 9.17) is 14.2 Å². The first-order chi connectivity index (χ1) is 15.8. The number of nitrogens with one attached hydrogen (secondary N) is 2. The summed E-state index contributed by atoms with van der Waals surface area (Å²) >= 11 is 0. The number of hydrogen-bond acceptors (Lipinski definition) is 8. The summed E-state index contributed by atoms with van der Waals surface area (Å²) in [7, 11) is -1.21. The van der Waals surface area contributed by atoms with Gasteiger partial charge in [-0.1, -0.05) is 13.0 Å². The molecule has 3 rings (SSSR count). The van der Waals surface area contributed by atoms with E-state index >= 15 is 0 Å². The van der Waals surface area contributed by atoms with Gasteiger partial charge in [-0.05, 0) is 48.9 Å². The SMILES string of the molecule is CCCOc1cccc(C(=O)Nc2ccc(S(=O)(=O)Nc3cc(OC)nc(OC)n3)cc2)c1. The molecule has 2 N–H and O–H groups in total. The van der Waals surface area contributed by atoms with Crippen LogP contribution in [0.5, 0.6) is 17.6 Å². The molecule has 3 aromatic rings. The van der Waals surface area contributed by atoms with Gasteiger partial charge in [-0.15, -0.1) is 0 Å². The highest BCUT2D eigenvalue weighted by Gasteiger charge is 2.17. The minimum atomic E-state index is -3.96. The zero-order chi connectivity index (χ0) is 23.8. The van der Waals surface area contributed by atoms with E-state index in [1.165, 1.54) is 44.6 Å². The molecular formula is C22H24N4O6S. The summed E-state index contributed by atoms with van der Waals surface area (Å²) in [5.74, 6) is 0.392. The Labute approximate surface area is 192 Å². The molecule has 0 radical (unpaired) electrons. The smallest absolute Gasteiger partial charge is 0.321 e. The van der Waals surface area contributed by atoms with Gasteiger partial charge in [0, 0.05) is 17.3 Å². The van der Waals surface area contributed by atoms with E-state index in [9.17, 15) is 13.2 Å². The lowest BCUT2D eigenvalue weighted by Crippen LogP contribution is -2.15. The fraction of sp³-hybridized carbons (Fsp3) is 0.227. The van der Waals surface area contributed by atoms with Crippen LogP contribution in [0.15, 0.2) is 59.5 Å². The Morgan fingerprint density at radius 3 is 2.42 bits per heavy atom. The first kappa shape index (κ1) is 23.8. The minimum absolute atomic E-state index is 0.0127. The molecule has 1 heterocycles. The zero-order valence-electron chi connectivity index (χ0n) is 18.4. The molecule has 2 aromatic carbocycles. The van der Waals surface area contributed by atoms with Gasteiger partial charge in [0.25, 0.3) is 15.9 Å². The van der Waals surface area contributed by atoms with Crippen LogP contribution in [0.2, 0.25) is 0 Å². The lowest BCUT2D eigenvalue weighted by atomic mass is 10.2. The summed E-state index contributed by atoms with van der Waals surface area (Å²) in [5, 5.41) is 2.74. The highest BCUT2D eigenvalue weighted by atomic mass is 32.2. The molecule has 0 unspecified atom stereocenters. The number of hydrogen-bond donors (Lipinski definition) is 2. The van der Waals surface area contributed by atoms with Gasteiger partial charge in [-0.25, -0.2) is 8.42 Å². The summed E-state index contributed by atoms with van der Waals surface area (Å²) in [6.07, 6.45) is 0.860. The molecular weight excluding hydrogens is 448 g/mol. The van der Waals surface area contributed by atoms with Crippen molar-refractivity contribution in [3.63, 3.8) is 0 Å². The first-order valence-electron chi connectivity index (χ1n) is 9.98. The number of rotatable bonds is 10. The molecule has 0 saturated carbocycles. The second-order valence-corrected chi connectivity index (χ2v) is 8.42. The number of sulfonamides is 1. The predicted octanol–water partition coefficient (Wildman–Crippen LogP) is 3.34. The van der Waals surface area contributed by atoms with E-state index in [1.807, 2.05) is 6.92 Å². The van der Waals surface area contributed by atoms with Crippen LogP contribution < -0.4 is 24.2 Å². The maximum Gasteiger partial charge on any atom is 0.321 e. The Bertz CT molecular complexity index is 1190. The van der Waals surface area contributed by atoms with Gasteiger partial charge >= 0.3 is 6.01 Å². The Balaban J connectivity index is 1.71. The van der Waals surface area contributed by atoms with E-state index < -0.39 is 10.0 Å². The summed E-state index contributed by atoms with van der Waals surface area (Å²) in [5.41, 5.74) is 0.859.